The zero-order valence-electron chi connectivity index (χ0n) is 5.42. The Morgan fingerprint density at radius 1 is 1.50 bits per heavy atom. The van der Waals surface area contributed by atoms with Crippen molar-refractivity contribution in [3.05, 3.63) is 0 Å². The maximum absolute atomic E-state index is 8.44. The minimum Gasteiger partial charge on any atom is -0.362 e. The molecule has 8 heavy (non-hydrogen) atoms. The molecule has 1 fully saturated rings. The summed E-state index contributed by atoms with van der Waals surface area (Å²) >= 11 is 0. The molecule has 0 saturated carbocycles. The van der Waals surface area contributed by atoms with Gasteiger partial charge in [0, 0.05) is 6.54 Å². The minimum atomic E-state index is 0.375. The topological polar surface area (TPSA) is 32.7 Å². The predicted molar refractivity (Wildman–Crippen MR) is 30.7 cm³/mol. The van der Waals surface area contributed by atoms with Gasteiger partial charge in [-0.2, -0.15) is 5.06 Å². The fraction of sp³-hybridized carbons (Fsp3) is 1.00. The van der Waals surface area contributed by atoms with Crippen molar-refractivity contribution in [1.29, 1.82) is 0 Å². The minimum absolute atomic E-state index is 0.375. The molecular formula is C5H13NO2. The second-order valence-corrected chi connectivity index (χ2v) is 1.27. The van der Waals surface area contributed by atoms with E-state index in [1.165, 1.54) is 0 Å². The van der Waals surface area contributed by atoms with E-state index in [9.17, 15) is 0 Å². The Bertz CT molecular complexity index is 43.7. The molecule has 3 nitrogen and oxygen atoms in total. The van der Waals surface area contributed by atoms with E-state index in [4.69, 9.17) is 9.94 Å². The van der Waals surface area contributed by atoms with Gasteiger partial charge in [0.2, 0.25) is 0 Å². The molecule has 50 valence electrons. The second-order valence-electron chi connectivity index (χ2n) is 1.27. The number of ether oxygens (including phenoxy) is 1. The van der Waals surface area contributed by atoms with Gasteiger partial charge in [0.15, 0.2) is 0 Å². The fourth-order valence-electron chi connectivity index (χ4n) is 0.404. The lowest BCUT2D eigenvalue weighted by atomic mass is 10.7. The van der Waals surface area contributed by atoms with E-state index in [2.05, 4.69) is 0 Å². The average Bonchev–Trinajstić information content (AvgIpc) is 2.24. The molecule has 0 radical (unpaired) electrons. The lowest BCUT2D eigenvalue weighted by Crippen LogP contribution is -2.12. The van der Waals surface area contributed by atoms with Crippen LogP contribution in [0.5, 0.6) is 0 Å². The first-order valence-electron chi connectivity index (χ1n) is 2.91. The highest BCUT2D eigenvalue weighted by Gasteiger charge is 2.05. The highest BCUT2D eigenvalue weighted by atomic mass is 16.6. The normalized spacial score (nSPS) is 19.9. The maximum atomic E-state index is 8.44. The third-order valence-electron chi connectivity index (χ3n) is 0.734. The van der Waals surface area contributed by atoms with Gasteiger partial charge in [-0.1, -0.05) is 13.8 Å². The molecule has 1 saturated heterocycles. The van der Waals surface area contributed by atoms with Crippen LogP contribution in [0.25, 0.3) is 0 Å². The van der Waals surface area contributed by atoms with Crippen LogP contribution in [-0.4, -0.2) is 30.2 Å². The highest BCUT2D eigenvalue weighted by molar-refractivity contribution is 4.42. The van der Waals surface area contributed by atoms with Crippen LogP contribution in [0.15, 0.2) is 0 Å². The molecule has 0 aliphatic carbocycles. The monoisotopic (exact) mass is 119 g/mol. The van der Waals surface area contributed by atoms with Crippen LogP contribution >= 0.6 is 0 Å². The molecule has 0 aromatic carbocycles. The van der Waals surface area contributed by atoms with Crippen molar-refractivity contribution in [2.45, 2.75) is 13.8 Å². The highest BCUT2D eigenvalue weighted by Crippen LogP contribution is 1.90. The Labute approximate surface area is 49.8 Å². The van der Waals surface area contributed by atoms with Crippen LogP contribution in [-0.2, 0) is 4.74 Å². The van der Waals surface area contributed by atoms with Gasteiger partial charge in [0.25, 0.3) is 0 Å². The number of rotatable bonds is 0. The third kappa shape index (κ3) is 2.96. The Morgan fingerprint density at radius 2 is 2.12 bits per heavy atom. The SMILES string of the molecule is CC.ON1CCOC1. The molecule has 1 heterocycles. The quantitative estimate of drug-likeness (QED) is 0.509. The molecule has 0 unspecified atom stereocenters. The zero-order chi connectivity index (χ0) is 6.41. The summed E-state index contributed by atoms with van der Waals surface area (Å²) in [4.78, 5) is 0. The molecule has 1 aliphatic rings. The van der Waals surface area contributed by atoms with E-state index in [1.54, 1.807) is 0 Å². The van der Waals surface area contributed by atoms with Crippen LogP contribution in [0.3, 0.4) is 0 Å². The van der Waals surface area contributed by atoms with Gasteiger partial charge in [-0.25, -0.2) is 0 Å². The summed E-state index contributed by atoms with van der Waals surface area (Å²) in [6, 6.07) is 0. The first-order chi connectivity index (χ1) is 3.89. The predicted octanol–water partition coefficient (Wildman–Crippen LogP) is 0.692. The summed E-state index contributed by atoms with van der Waals surface area (Å²) in [5.41, 5.74) is 0. The van der Waals surface area contributed by atoms with Gasteiger partial charge < -0.3 is 9.94 Å². The van der Waals surface area contributed by atoms with Gasteiger partial charge in [0.1, 0.15) is 6.73 Å². The lowest BCUT2D eigenvalue weighted by molar-refractivity contribution is -0.0977. The molecule has 0 aromatic rings. The first kappa shape index (κ1) is 7.88. The summed E-state index contributed by atoms with van der Waals surface area (Å²) in [6.45, 7) is 5.69. The van der Waals surface area contributed by atoms with Crippen LogP contribution in [0.1, 0.15) is 13.8 Å². The molecule has 3 heteroatoms. The average molecular weight is 119 g/mol. The summed E-state index contributed by atoms with van der Waals surface area (Å²) in [7, 11) is 0. The fourth-order valence-corrected chi connectivity index (χ4v) is 0.404. The summed E-state index contributed by atoms with van der Waals surface area (Å²) in [6.07, 6.45) is 0. The van der Waals surface area contributed by atoms with Crippen molar-refractivity contribution in [1.82, 2.24) is 5.06 Å². The number of hydrogen-bond donors (Lipinski definition) is 1. The summed E-state index contributed by atoms with van der Waals surface area (Å²) in [5, 5.41) is 9.58. The Hall–Kier alpha value is -0.120. The van der Waals surface area contributed by atoms with Crippen LogP contribution in [0, 0.1) is 0 Å². The largest absolute Gasteiger partial charge is 0.362 e. The van der Waals surface area contributed by atoms with Crippen molar-refractivity contribution in [2.75, 3.05) is 19.9 Å². The van der Waals surface area contributed by atoms with E-state index in [0.29, 0.717) is 19.9 Å². The maximum Gasteiger partial charge on any atom is 0.122 e. The van der Waals surface area contributed by atoms with Gasteiger partial charge in [-0.3, -0.25) is 0 Å². The Morgan fingerprint density at radius 3 is 2.25 bits per heavy atom. The molecule has 0 atom stereocenters. The smallest absolute Gasteiger partial charge is 0.122 e. The second kappa shape index (κ2) is 5.03. The molecule has 1 N–H and O–H groups in total. The van der Waals surface area contributed by atoms with Gasteiger partial charge >= 0.3 is 0 Å². The molecule has 0 aromatic heterocycles. The Balaban J connectivity index is 0.000000222. The van der Waals surface area contributed by atoms with Gasteiger partial charge in [-0.05, 0) is 0 Å². The standard InChI is InChI=1S/C3H7NO2.C2H6/c5-4-1-2-6-3-4;1-2/h5H,1-3H2;1-2H3. The molecule has 0 spiro atoms. The third-order valence-corrected chi connectivity index (χ3v) is 0.734. The first-order valence-corrected chi connectivity index (χ1v) is 2.91. The van der Waals surface area contributed by atoms with Crippen molar-refractivity contribution in [3.8, 4) is 0 Å². The van der Waals surface area contributed by atoms with Crippen LogP contribution in [0.2, 0.25) is 0 Å². The van der Waals surface area contributed by atoms with Gasteiger partial charge in [-0.15, -0.1) is 0 Å². The van der Waals surface area contributed by atoms with Crippen molar-refractivity contribution >= 4 is 0 Å². The number of hydrogen-bond acceptors (Lipinski definition) is 3. The van der Waals surface area contributed by atoms with E-state index in [1.807, 2.05) is 13.8 Å². The lowest BCUT2D eigenvalue weighted by Gasteiger charge is -1.96. The molecule has 0 amide bonds. The Kier molecular flexibility index (Phi) is 4.95. The van der Waals surface area contributed by atoms with E-state index in [0.717, 1.165) is 5.06 Å². The number of nitrogens with zero attached hydrogens (tertiary/aromatic N) is 1. The van der Waals surface area contributed by atoms with E-state index in [-0.39, 0.29) is 0 Å². The van der Waals surface area contributed by atoms with Crippen molar-refractivity contribution in [3.63, 3.8) is 0 Å². The van der Waals surface area contributed by atoms with Crippen molar-refractivity contribution in [2.24, 2.45) is 0 Å². The zero-order valence-corrected chi connectivity index (χ0v) is 5.42. The molecular weight excluding hydrogens is 106 g/mol. The van der Waals surface area contributed by atoms with Crippen LogP contribution in [0.4, 0.5) is 0 Å². The van der Waals surface area contributed by atoms with Crippen LogP contribution < -0.4 is 0 Å². The molecule has 1 rings (SSSR count). The van der Waals surface area contributed by atoms with E-state index < -0.39 is 0 Å². The summed E-state index contributed by atoms with van der Waals surface area (Å²) < 4.78 is 4.73. The van der Waals surface area contributed by atoms with Gasteiger partial charge in [0.05, 0.1) is 6.61 Å². The van der Waals surface area contributed by atoms with Crippen molar-refractivity contribution < 1.29 is 9.94 Å². The molecule has 1 aliphatic heterocycles. The van der Waals surface area contributed by atoms with E-state index >= 15 is 0 Å². The molecule has 0 bridgehead atoms. The summed E-state index contributed by atoms with van der Waals surface area (Å²) in [5.74, 6) is 0. The number of hydroxylamine groups is 2.